The minimum atomic E-state index is 0. The maximum absolute atomic E-state index is 2.26. The monoisotopic (exact) mass is 342 g/mol. The van der Waals surface area contributed by atoms with Crippen LogP contribution in [0.1, 0.15) is 11.1 Å². The van der Waals surface area contributed by atoms with Crippen molar-refractivity contribution in [2.45, 2.75) is 25.9 Å². The molecule has 0 spiro atoms. The molecule has 0 aromatic heterocycles. The van der Waals surface area contributed by atoms with Crippen LogP contribution in [0.4, 0.5) is 0 Å². The van der Waals surface area contributed by atoms with E-state index in [4.69, 9.17) is 0 Å². The van der Waals surface area contributed by atoms with Crippen LogP contribution in [-0.2, 0) is 34.6 Å². The molecule has 0 bridgehead atoms. The molecule has 2 aromatic rings. The van der Waals surface area contributed by atoms with Gasteiger partial charge in [-0.3, -0.25) is 0 Å². The van der Waals surface area contributed by atoms with E-state index in [1.165, 1.54) is 11.1 Å². The number of hydrogen-bond acceptors (Lipinski definition) is 0. The molecule has 2 heteroatoms. The molecule has 0 aliphatic carbocycles. The van der Waals surface area contributed by atoms with Gasteiger partial charge >= 0.3 is 0 Å². The second-order valence-electron chi connectivity index (χ2n) is 4.94. The van der Waals surface area contributed by atoms with E-state index in [0.29, 0.717) is 9.52 Å². The fourth-order valence-corrected chi connectivity index (χ4v) is 1.79. The van der Waals surface area contributed by atoms with Gasteiger partial charge in [-0.2, -0.15) is 0 Å². The third-order valence-electron chi connectivity index (χ3n) is 2.78. The van der Waals surface area contributed by atoms with Crippen LogP contribution < -0.4 is 0 Å². The molecule has 0 N–H and O–H groups in total. The zero-order valence-electron chi connectivity index (χ0n) is 13.7. The zero-order chi connectivity index (χ0) is 15.2. The SMILES string of the molecule is C(C=CCc1ccccc1)=CCc1ccccc1.C[SiH2]C.[Ti]. The normalized spacial score (nSPS) is 10.1. The first-order chi connectivity index (χ1) is 10.4. The topological polar surface area (TPSA) is 0 Å². The van der Waals surface area contributed by atoms with Crippen molar-refractivity contribution in [3.8, 4) is 0 Å². The van der Waals surface area contributed by atoms with Gasteiger partial charge in [0.1, 0.15) is 0 Å². The summed E-state index contributed by atoms with van der Waals surface area (Å²) in [5.41, 5.74) is 2.70. The number of benzene rings is 2. The van der Waals surface area contributed by atoms with Crippen LogP contribution in [0.25, 0.3) is 0 Å². The van der Waals surface area contributed by atoms with Crippen molar-refractivity contribution in [1.82, 2.24) is 0 Å². The molecule has 0 aliphatic heterocycles. The van der Waals surface area contributed by atoms with Gasteiger partial charge < -0.3 is 0 Å². The number of hydrogen-bond donors (Lipinski definition) is 0. The standard InChI is InChI=1S/C18H18.C2H8Si.Ti/c1(5-11-17-13-7-3-8-14-17)2-6-12-18-15-9-4-10-16-18;1-3-2;/h1-10,13-16H,11-12H2;3H2,1-2H3;. The van der Waals surface area contributed by atoms with Crippen LogP contribution in [0, 0.1) is 0 Å². The molecule has 2 rings (SSSR count). The first kappa shape index (κ1) is 20.9. The Balaban J connectivity index is 0.00000102. The molecule has 0 nitrogen and oxygen atoms in total. The molecule has 0 saturated carbocycles. The smallest absolute Gasteiger partial charge is 0.0135 e. The summed E-state index contributed by atoms with van der Waals surface area (Å²) >= 11 is 0. The first-order valence-corrected chi connectivity index (χ1v) is 10.6. The van der Waals surface area contributed by atoms with Crippen LogP contribution in [0.2, 0.25) is 13.1 Å². The van der Waals surface area contributed by atoms with E-state index >= 15 is 0 Å². The summed E-state index contributed by atoms with van der Waals surface area (Å²) in [7, 11) is 0.417. The van der Waals surface area contributed by atoms with Crippen molar-refractivity contribution < 1.29 is 21.7 Å². The molecule has 22 heavy (non-hydrogen) atoms. The fourth-order valence-electron chi connectivity index (χ4n) is 1.79. The van der Waals surface area contributed by atoms with E-state index < -0.39 is 0 Å². The van der Waals surface area contributed by atoms with Crippen molar-refractivity contribution in [3.05, 3.63) is 96.1 Å². The summed E-state index contributed by atoms with van der Waals surface area (Å²) in [6.45, 7) is 4.53. The largest absolute Gasteiger partial charge is 0.0801 e. The van der Waals surface area contributed by atoms with Gasteiger partial charge in [-0.05, 0) is 24.0 Å². The second kappa shape index (κ2) is 14.8. The van der Waals surface area contributed by atoms with Gasteiger partial charge in [0, 0.05) is 31.2 Å². The predicted molar refractivity (Wildman–Crippen MR) is 98.8 cm³/mol. The molecule has 0 radical (unpaired) electrons. The van der Waals surface area contributed by atoms with E-state index in [2.05, 4.69) is 85.9 Å². The van der Waals surface area contributed by atoms with Gasteiger partial charge in [-0.15, -0.1) is 0 Å². The first-order valence-electron chi connectivity index (χ1n) is 7.76. The molecule has 0 fully saturated rings. The van der Waals surface area contributed by atoms with E-state index in [1.54, 1.807) is 0 Å². The Hall–Kier alpha value is -1.15. The summed E-state index contributed by atoms with van der Waals surface area (Å²) in [5, 5.41) is 0. The molecule has 0 saturated heterocycles. The molecule has 0 amide bonds. The quantitative estimate of drug-likeness (QED) is 0.539. The Morgan fingerprint density at radius 1 is 0.682 bits per heavy atom. The van der Waals surface area contributed by atoms with Crippen LogP contribution in [-0.4, -0.2) is 9.52 Å². The molecule has 114 valence electrons. The summed E-state index contributed by atoms with van der Waals surface area (Å²) in [5.74, 6) is 0. The molecule has 0 unspecified atom stereocenters. The van der Waals surface area contributed by atoms with Crippen LogP contribution in [0.15, 0.2) is 85.0 Å². The summed E-state index contributed by atoms with van der Waals surface area (Å²) in [6, 6.07) is 21.0. The third kappa shape index (κ3) is 10.6. The van der Waals surface area contributed by atoms with E-state index in [0.717, 1.165) is 12.8 Å². The van der Waals surface area contributed by atoms with Gasteiger partial charge in [0.05, 0.1) is 0 Å². The molecule has 2 aromatic carbocycles. The minimum absolute atomic E-state index is 0. The van der Waals surface area contributed by atoms with Crippen molar-refractivity contribution >= 4 is 9.52 Å². The average molecular weight is 342 g/mol. The van der Waals surface area contributed by atoms with Gasteiger partial charge in [-0.1, -0.05) is 98.1 Å². The average Bonchev–Trinajstić information content (AvgIpc) is 2.53. The predicted octanol–water partition coefficient (Wildman–Crippen LogP) is 4.83. The van der Waals surface area contributed by atoms with E-state index in [-0.39, 0.29) is 21.7 Å². The Kier molecular flexibility index (Phi) is 14.0. The van der Waals surface area contributed by atoms with Crippen LogP contribution >= 0.6 is 0 Å². The summed E-state index contributed by atoms with van der Waals surface area (Å²) < 4.78 is 0. The molecular weight excluding hydrogens is 316 g/mol. The number of allylic oxidation sites excluding steroid dienone is 4. The van der Waals surface area contributed by atoms with Crippen molar-refractivity contribution in [2.24, 2.45) is 0 Å². The Labute approximate surface area is 153 Å². The molecule has 0 heterocycles. The van der Waals surface area contributed by atoms with Crippen molar-refractivity contribution in [2.75, 3.05) is 0 Å². The third-order valence-corrected chi connectivity index (χ3v) is 2.78. The van der Waals surface area contributed by atoms with Crippen LogP contribution in [0.5, 0.6) is 0 Å². The summed E-state index contributed by atoms with van der Waals surface area (Å²) in [6.07, 6.45) is 10.6. The maximum Gasteiger partial charge on any atom is 0.0135 e. The maximum atomic E-state index is 2.26. The van der Waals surface area contributed by atoms with Crippen molar-refractivity contribution in [1.29, 1.82) is 0 Å². The minimum Gasteiger partial charge on any atom is -0.0801 e. The van der Waals surface area contributed by atoms with Gasteiger partial charge in [0.25, 0.3) is 0 Å². The molecule has 0 atom stereocenters. The van der Waals surface area contributed by atoms with Gasteiger partial charge in [0.15, 0.2) is 0 Å². The van der Waals surface area contributed by atoms with Crippen molar-refractivity contribution in [3.63, 3.8) is 0 Å². The Morgan fingerprint density at radius 3 is 1.32 bits per heavy atom. The van der Waals surface area contributed by atoms with E-state index in [1.807, 2.05) is 12.1 Å². The fraction of sp³-hybridized carbons (Fsp3) is 0.200. The Morgan fingerprint density at radius 2 is 1.00 bits per heavy atom. The second-order valence-corrected chi connectivity index (χ2v) is 6.36. The van der Waals surface area contributed by atoms with Gasteiger partial charge in [-0.25, -0.2) is 0 Å². The molecular formula is C20H26SiTi. The van der Waals surface area contributed by atoms with Gasteiger partial charge in [0.2, 0.25) is 0 Å². The molecule has 0 aliphatic rings. The van der Waals surface area contributed by atoms with Crippen LogP contribution in [0.3, 0.4) is 0 Å². The number of rotatable bonds is 5. The zero-order valence-corrected chi connectivity index (χ0v) is 16.7. The van der Waals surface area contributed by atoms with E-state index in [9.17, 15) is 0 Å². The Bertz CT molecular complexity index is 468. The summed E-state index contributed by atoms with van der Waals surface area (Å²) in [4.78, 5) is 0.